The molecule has 0 aliphatic heterocycles. The Morgan fingerprint density at radius 2 is 2.00 bits per heavy atom. The molecule has 1 N–H and O–H groups in total. The van der Waals surface area contributed by atoms with E-state index < -0.39 is 0 Å². The molecule has 0 atom stereocenters. The van der Waals surface area contributed by atoms with Gasteiger partial charge in [-0.3, -0.25) is 0 Å². The Hall–Kier alpha value is -0.490. The van der Waals surface area contributed by atoms with Crippen LogP contribution in [0.3, 0.4) is 0 Å². The summed E-state index contributed by atoms with van der Waals surface area (Å²) < 4.78 is 5.05. The summed E-state index contributed by atoms with van der Waals surface area (Å²) in [6.07, 6.45) is 0. The van der Waals surface area contributed by atoms with E-state index >= 15 is 0 Å². The second kappa shape index (κ2) is 7.33. The van der Waals surface area contributed by atoms with E-state index in [2.05, 4.69) is 45.1 Å². The van der Waals surface area contributed by atoms with Gasteiger partial charge in [0.1, 0.15) is 5.01 Å². The predicted octanol–water partition coefficient (Wildman–Crippen LogP) is 2.24. The molecule has 1 aromatic heterocycles. The van der Waals surface area contributed by atoms with Crippen molar-refractivity contribution in [1.82, 2.24) is 15.2 Å². The van der Waals surface area contributed by atoms with Crippen molar-refractivity contribution in [3.63, 3.8) is 0 Å². The van der Waals surface area contributed by atoms with Crippen molar-refractivity contribution >= 4 is 11.3 Å². The van der Waals surface area contributed by atoms with Crippen LogP contribution in [0.1, 0.15) is 36.3 Å². The van der Waals surface area contributed by atoms with Crippen LogP contribution in [0.5, 0.6) is 0 Å². The molecule has 19 heavy (non-hydrogen) atoms. The van der Waals surface area contributed by atoms with Crippen LogP contribution in [0, 0.1) is 0 Å². The molecular weight excluding hydrogens is 258 g/mol. The van der Waals surface area contributed by atoms with Crippen molar-refractivity contribution in [3.8, 4) is 0 Å². The van der Waals surface area contributed by atoms with E-state index in [4.69, 9.17) is 9.72 Å². The molecule has 4 nitrogen and oxygen atoms in total. The standard InChI is InChI=1S/C14H27N3OS/c1-14(2,3)13-11(9-15-7-8-18-6)19-12(16-13)10-17(4)5/h15H,7-10H2,1-6H3. The van der Waals surface area contributed by atoms with Crippen molar-refractivity contribution in [1.29, 1.82) is 0 Å². The Kier molecular flexibility index (Phi) is 6.39. The maximum atomic E-state index is 5.05. The van der Waals surface area contributed by atoms with E-state index in [1.54, 1.807) is 7.11 Å². The molecule has 0 unspecified atom stereocenters. The van der Waals surface area contributed by atoms with E-state index in [1.807, 2.05) is 11.3 Å². The lowest BCUT2D eigenvalue weighted by atomic mass is 9.91. The zero-order valence-electron chi connectivity index (χ0n) is 13.0. The largest absolute Gasteiger partial charge is 0.383 e. The molecule has 0 spiro atoms. The summed E-state index contributed by atoms with van der Waals surface area (Å²) in [6, 6.07) is 0. The van der Waals surface area contributed by atoms with Crippen molar-refractivity contribution < 1.29 is 4.74 Å². The molecule has 0 aliphatic carbocycles. The SMILES string of the molecule is COCCNCc1sc(CN(C)C)nc1C(C)(C)C. The number of nitrogens with zero attached hydrogens (tertiary/aromatic N) is 2. The number of methoxy groups -OCH3 is 1. The molecule has 0 amide bonds. The Bertz CT molecular complexity index is 383. The van der Waals surface area contributed by atoms with Crippen LogP contribution in [-0.2, 0) is 23.2 Å². The van der Waals surface area contributed by atoms with Gasteiger partial charge in [0, 0.05) is 37.0 Å². The number of ether oxygens (including phenoxy) is 1. The molecule has 0 fully saturated rings. The maximum Gasteiger partial charge on any atom is 0.107 e. The van der Waals surface area contributed by atoms with E-state index in [1.165, 1.54) is 15.6 Å². The van der Waals surface area contributed by atoms with Gasteiger partial charge in [0.05, 0.1) is 12.3 Å². The first kappa shape index (κ1) is 16.6. The van der Waals surface area contributed by atoms with Gasteiger partial charge in [-0.25, -0.2) is 4.98 Å². The summed E-state index contributed by atoms with van der Waals surface area (Å²) in [7, 11) is 5.88. The van der Waals surface area contributed by atoms with Crippen LogP contribution in [0.2, 0.25) is 0 Å². The van der Waals surface area contributed by atoms with Crippen LogP contribution in [0.4, 0.5) is 0 Å². The molecule has 0 bridgehead atoms. The molecule has 1 rings (SSSR count). The maximum absolute atomic E-state index is 5.05. The molecule has 1 aromatic rings. The zero-order chi connectivity index (χ0) is 14.5. The van der Waals surface area contributed by atoms with E-state index in [0.717, 1.165) is 26.2 Å². The van der Waals surface area contributed by atoms with Gasteiger partial charge in [-0.15, -0.1) is 11.3 Å². The normalized spacial score (nSPS) is 12.4. The van der Waals surface area contributed by atoms with Gasteiger partial charge < -0.3 is 15.0 Å². The monoisotopic (exact) mass is 285 g/mol. The van der Waals surface area contributed by atoms with Crippen molar-refractivity contribution in [2.75, 3.05) is 34.4 Å². The lowest BCUT2D eigenvalue weighted by molar-refractivity contribution is 0.199. The first-order chi connectivity index (χ1) is 8.84. The van der Waals surface area contributed by atoms with Crippen LogP contribution < -0.4 is 5.32 Å². The molecule has 110 valence electrons. The second-order valence-corrected chi connectivity index (χ2v) is 7.20. The molecule has 1 heterocycles. The highest BCUT2D eigenvalue weighted by Crippen LogP contribution is 2.30. The third kappa shape index (κ3) is 5.57. The smallest absolute Gasteiger partial charge is 0.107 e. The molecule has 0 aliphatic rings. The van der Waals surface area contributed by atoms with Crippen LogP contribution in [0.25, 0.3) is 0 Å². The fourth-order valence-electron chi connectivity index (χ4n) is 1.82. The zero-order valence-corrected chi connectivity index (χ0v) is 13.9. The van der Waals surface area contributed by atoms with Gasteiger partial charge in [0.2, 0.25) is 0 Å². The number of aromatic nitrogens is 1. The highest BCUT2D eigenvalue weighted by molar-refractivity contribution is 7.11. The number of hydrogen-bond acceptors (Lipinski definition) is 5. The van der Waals surface area contributed by atoms with Crippen LogP contribution >= 0.6 is 11.3 Å². The van der Waals surface area contributed by atoms with Gasteiger partial charge in [-0.2, -0.15) is 0 Å². The topological polar surface area (TPSA) is 37.4 Å². The minimum Gasteiger partial charge on any atom is -0.383 e. The van der Waals surface area contributed by atoms with Crippen LogP contribution in [0.15, 0.2) is 0 Å². The number of thiazole rings is 1. The predicted molar refractivity (Wildman–Crippen MR) is 81.8 cm³/mol. The molecule has 5 heteroatoms. The van der Waals surface area contributed by atoms with E-state index in [9.17, 15) is 0 Å². The Labute approximate surface area is 121 Å². The summed E-state index contributed by atoms with van der Waals surface area (Å²) in [4.78, 5) is 8.33. The lowest BCUT2D eigenvalue weighted by Crippen LogP contribution is -2.21. The Balaban J connectivity index is 2.78. The van der Waals surface area contributed by atoms with E-state index in [-0.39, 0.29) is 5.41 Å². The number of rotatable bonds is 7. The average Bonchev–Trinajstić information content (AvgIpc) is 2.66. The number of nitrogens with one attached hydrogen (secondary N) is 1. The number of hydrogen-bond donors (Lipinski definition) is 1. The first-order valence-corrected chi connectivity index (χ1v) is 7.49. The average molecular weight is 285 g/mol. The molecule has 0 aromatic carbocycles. The summed E-state index contributed by atoms with van der Waals surface area (Å²) in [6.45, 7) is 10.1. The fourth-order valence-corrected chi connectivity index (χ4v) is 3.19. The van der Waals surface area contributed by atoms with Crippen LogP contribution in [-0.4, -0.2) is 44.2 Å². The van der Waals surface area contributed by atoms with Gasteiger partial charge in [-0.05, 0) is 14.1 Å². The van der Waals surface area contributed by atoms with E-state index in [0.29, 0.717) is 0 Å². The molecular formula is C14H27N3OS. The molecule has 0 saturated heterocycles. The lowest BCUT2D eigenvalue weighted by Gasteiger charge is -2.17. The quantitative estimate of drug-likeness (QED) is 0.780. The summed E-state index contributed by atoms with van der Waals surface area (Å²) in [5, 5.41) is 4.61. The van der Waals surface area contributed by atoms with Crippen molar-refractivity contribution in [2.45, 2.75) is 39.3 Å². The Morgan fingerprint density at radius 1 is 1.32 bits per heavy atom. The highest BCUT2D eigenvalue weighted by Gasteiger charge is 2.23. The molecule has 0 radical (unpaired) electrons. The van der Waals surface area contributed by atoms with Gasteiger partial charge >= 0.3 is 0 Å². The summed E-state index contributed by atoms with van der Waals surface area (Å²) in [5.41, 5.74) is 1.32. The minimum atomic E-state index is 0.0966. The van der Waals surface area contributed by atoms with Gasteiger partial charge in [0.15, 0.2) is 0 Å². The third-order valence-electron chi connectivity index (χ3n) is 2.67. The fraction of sp³-hybridized carbons (Fsp3) is 0.786. The minimum absolute atomic E-state index is 0.0966. The van der Waals surface area contributed by atoms with Crippen molar-refractivity contribution in [3.05, 3.63) is 15.6 Å². The molecule has 0 saturated carbocycles. The third-order valence-corrected chi connectivity index (χ3v) is 3.71. The van der Waals surface area contributed by atoms with Crippen molar-refractivity contribution in [2.24, 2.45) is 0 Å². The Morgan fingerprint density at radius 3 is 2.53 bits per heavy atom. The second-order valence-electron chi connectivity index (χ2n) is 6.04. The highest BCUT2D eigenvalue weighted by atomic mass is 32.1. The van der Waals surface area contributed by atoms with Gasteiger partial charge in [0.25, 0.3) is 0 Å². The first-order valence-electron chi connectivity index (χ1n) is 6.68. The van der Waals surface area contributed by atoms with Gasteiger partial charge in [-0.1, -0.05) is 20.8 Å². The summed E-state index contributed by atoms with van der Waals surface area (Å²) in [5.74, 6) is 0. The summed E-state index contributed by atoms with van der Waals surface area (Å²) >= 11 is 1.82.